The highest BCUT2D eigenvalue weighted by molar-refractivity contribution is 9.10. The number of aromatic amines is 1. The highest BCUT2D eigenvalue weighted by Gasteiger charge is 2.17. The molecule has 0 unspecified atom stereocenters. The molecule has 0 saturated heterocycles. The van der Waals surface area contributed by atoms with Crippen LogP contribution < -0.4 is 14.8 Å². The lowest BCUT2D eigenvalue weighted by Crippen LogP contribution is -2.12. The number of amides is 1. The van der Waals surface area contributed by atoms with E-state index < -0.39 is 0 Å². The largest absolute Gasteiger partial charge is 0.490 e. The average molecular weight is 422 g/mol. The fraction of sp³-hybridized carbons (Fsp3) is 0.167. The smallest absolute Gasteiger partial charge is 0.272 e. The molecule has 1 aliphatic heterocycles. The second-order valence-electron chi connectivity index (χ2n) is 5.70. The van der Waals surface area contributed by atoms with Gasteiger partial charge >= 0.3 is 0 Å². The highest BCUT2D eigenvalue weighted by Crippen LogP contribution is 2.37. The summed E-state index contributed by atoms with van der Waals surface area (Å²) in [5.41, 5.74) is 1.82. The Hall–Kier alpha value is -2.18. The number of aromatic nitrogens is 1. The van der Waals surface area contributed by atoms with Gasteiger partial charge in [-0.05, 0) is 24.3 Å². The topological polar surface area (TPSA) is 63.4 Å². The van der Waals surface area contributed by atoms with Crippen LogP contribution in [0.1, 0.15) is 16.9 Å². The van der Waals surface area contributed by atoms with Gasteiger partial charge in [0.25, 0.3) is 5.91 Å². The minimum absolute atomic E-state index is 0.274. The third-order valence-corrected chi connectivity index (χ3v) is 4.72. The van der Waals surface area contributed by atoms with Gasteiger partial charge in [0.15, 0.2) is 11.5 Å². The van der Waals surface area contributed by atoms with Crippen molar-refractivity contribution < 1.29 is 14.3 Å². The maximum absolute atomic E-state index is 12.6. The molecule has 0 aliphatic carbocycles. The molecule has 0 bridgehead atoms. The molecule has 0 saturated carbocycles. The van der Waals surface area contributed by atoms with Crippen molar-refractivity contribution in [3.63, 3.8) is 0 Å². The fourth-order valence-electron chi connectivity index (χ4n) is 2.70. The van der Waals surface area contributed by atoms with Gasteiger partial charge in [-0.15, -0.1) is 0 Å². The number of fused-ring (bicyclic) bond motifs is 2. The van der Waals surface area contributed by atoms with Crippen LogP contribution in [0.25, 0.3) is 10.9 Å². The zero-order chi connectivity index (χ0) is 17.4. The summed E-state index contributed by atoms with van der Waals surface area (Å²) < 4.78 is 12.2. The molecule has 5 nitrogen and oxygen atoms in total. The van der Waals surface area contributed by atoms with Gasteiger partial charge in [0.1, 0.15) is 5.69 Å². The first-order chi connectivity index (χ1) is 12.1. The predicted molar refractivity (Wildman–Crippen MR) is 101 cm³/mol. The minimum Gasteiger partial charge on any atom is -0.490 e. The molecule has 2 aromatic carbocycles. The first kappa shape index (κ1) is 16.3. The third-order valence-electron chi connectivity index (χ3n) is 3.91. The van der Waals surface area contributed by atoms with E-state index in [1.165, 1.54) is 0 Å². The molecule has 0 spiro atoms. The van der Waals surface area contributed by atoms with Crippen LogP contribution in [-0.2, 0) is 0 Å². The Morgan fingerprint density at radius 3 is 2.68 bits per heavy atom. The maximum Gasteiger partial charge on any atom is 0.272 e. The van der Waals surface area contributed by atoms with Gasteiger partial charge in [-0.1, -0.05) is 27.5 Å². The molecule has 2 heterocycles. The van der Waals surface area contributed by atoms with Gasteiger partial charge in [0, 0.05) is 33.9 Å². The monoisotopic (exact) mass is 420 g/mol. The van der Waals surface area contributed by atoms with Gasteiger partial charge in [0.05, 0.1) is 23.9 Å². The van der Waals surface area contributed by atoms with E-state index in [4.69, 9.17) is 21.1 Å². The number of nitrogens with one attached hydrogen (secondary N) is 2. The number of ether oxygens (including phenoxy) is 2. The lowest BCUT2D eigenvalue weighted by molar-refractivity contribution is 0.102. The molecule has 7 heteroatoms. The van der Waals surface area contributed by atoms with Crippen LogP contribution in [0.5, 0.6) is 11.5 Å². The van der Waals surface area contributed by atoms with Crippen LogP contribution in [0.4, 0.5) is 5.69 Å². The number of benzene rings is 2. The van der Waals surface area contributed by atoms with E-state index in [-0.39, 0.29) is 5.91 Å². The zero-order valence-electron chi connectivity index (χ0n) is 13.1. The Bertz CT molecular complexity index is 970. The summed E-state index contributed by atoms with van der Waals surface area (Å²) in [5.74, 6) is 0.900. The standard InChI is InChI=1S/C18H14BrClN2O3/c19-11-2-3-13-10(6-11)7-15(21-13)18(23)22-14-9-17-16(8-12(14)20)24-4-1-5-25-17/h2-3,6-9,21H,1,4-5H2,(H,22,23). The maximum atomic E-state index is 12.6. The minimum atomic E-state index is -0.274. The van der Waals surface area contributed by atoms with Gasteiger partial charge in [0.2, 0.25) is 0 Å². The quantitative estimate of drug-likeness (QED) is 0.612. The van der Waals surface area contributed by atoms with Crippen molar-refractivity contribution in [2.45, 2.75) is 6.42 Å². The number of anilines is 1. The van der Waals surface area contributed by atoms with Gasteiger partial charge in [-0.2, -0.15) is 0 Å². The van der Waals surface area contributed by atoms with E-state index in [1.807, 2.05) is 18.2 Å². The molecule has 0 atom stereocenters. The van der Waals surface area contributed by atoms with Crippen molar-refractivity contribution in [2.24, 2.45) is 0 Å². The number of hydrogen-bond donors (Lipinski definition) is 2. The summed E-state index contributed by atoms with van der Waals surface area (Å²) in [6.07, 6.45) is 0.804. The van der Waals surface area contributed by atoms with E-state index in [2.05, 4.69) is 26.2 Å². The molecular weight excluding hydrogens is 408 g/mol. The first-order valence-corrected chi connectivity index (χ1v) is 8.96. The van der Waals surface area contributed by atoms with Crippen LogP contribution in [0.3, 0.4) is 0 Å². The van der Waals surface area contributed by atoms with Crippen LogP contribution >= 0.6 is 27.5 Å². The van der Waals surface area contributed by atoms with Crippen LogP contribution in [0.2, 0.25) is 5.02 Å². The molecule has 3 aromatic rings. The summed E-state index contributed by atoms with van der Waals surface area (Å²) >= 11 is 9.70. The highest BCUT2D eigenvalue weighted by atomic mass is 79.9. The summed E-state index contributed by atoms with van der Waals surface area (Å²) in [5, 5.41) is 4.17. The van der Waals surface area contributed by atoms with E-state index in [9.17, 15) is 4.79 Å². The number of carbonyl (C=O) groups is 1. The predicted octanol–water partition coefficient (Wildman–Crippen LogP) is 5.00. The molecule has 25 heavy (non-hydrogen) atoms. The van der Waals surface area contributed by atoms with Crippen molar-refractivity contribution in [1.82, 2.24) is 4.98 Å². The summed E-state index contributed by atoms with van der Waals surface area (Å²) in [4.78, 5) is 15.7. The van der Waals surface area contributed by atoms with E-state index >= 15 is 0 Å². The third kappa shape index (κ3) is 3.32. The molecular formula is C18H14BrClN2O3. The molecule has 0 fully saturated rings. The molecule has 2 N–H and O–H groups in total. The van der Waals surface area contributed by atoms with E-state index in [0.29, 0.717) is 41.1 Å². The average Bonchev–Trinajstić information content (AvgIpc) is 2.88. The van der Waals surface area contributed by atoms with E-state index in [1.54, 1.807) is 18.2 Å². The van der Waals surface area contributed by atoms with Gasteiger partial charge in [-0.25, -0.2) is 0 Å². The second-order valence-corrected chi connectivity index (χ2v) is 7.02. The summed E-state index contributed by atoms with van der Waals surface area (Å²) in [6.45, 7) is 1.15. The Morgan fingerprint density at radius 1 is 1.12 bits per heavy atom. The molecule has 1 aliphatic rings. The second kappa shape index (κ2) is 6.61. The van der Waals surface area contributed by atoms with Crippen molar-refractivity contribution in [3.8, 4) is 11.5 Å². The lowest BCUT2D eigenvalue weighted by atomic mass is 10.2. The Balaban J connectivity index is 1.62. The Kier molecular flexibility index (Phi) is 4.31. The molecule has 4 rings (SSSR count). The molecule has 0 radical (unpaired) electrons. The summed E-state index contributed by atoms with van der Waals surface area (Å²) in [7, 11) is 0. The Morgan fingerprint density at radius 2 is 1.88 bits per heavy atom. The summed E-state index contributed by atoms with van der Waals surface area (Å²) in [6, 6.07) is 10.9. The SMILES string of the molecule is O=C(Nc1cc2c(cc1Cl)OCCCO2)c1cc2cc(Br)ccc2[nH]1. The number of rotatable bonds is 2. The number of halogens is 2. The Labute approximate surface area is 157 Å². The van der Waals surface area contributed by atoms with Crippen molar-refractivity contribution in [1.29, 1.82) is 0 Å². The van der Waals surface area contributed by atoms with Gasteiger partial charge < -0.3 is 19.8 Å². The molecule has 1 aromatic heterocycles. The van der Waals surface area contributed by atoms with Crippen molar-refractivity contribution >= 4 is 50.0 Å². The lowest BCUT2D eigenvalue weighted by Gasteiger charge is -2.12. The molecule has 128 valence electrons. The van der Waals surface area contributed by atoms with Crippen molar-refractivity contribution in [3.05, 3.63) is 51.6 Å². The zero-order valence-corrected chi connectivity index (χ0v) is 15.4. The van der Waals surface area contributed by atoms with Crippen molar-refractivity contribution in [2.75, 3.05) is 18.5 Å². The first-order valence-electron chi connectivity index (χ1n) is 7.79. The van der Waals surface area contributed by atoms with E-state index in [0.717, 1.165) is 21.8 Å². The fourth-order valence-corrected chi connectivity index (χ4v) is 3.27. The number of H-pyrrole nitrogens is 1. The van der Waals surface area contributed by atoms with Crippen LogP contribution in [0, 0.1) is 0 Å². The normalized spacial score (nSPS) is 13.5. The van der Waals surface area contributed by atoms with Gasteiger partial charge in [-0.3, -0.25) is 4.79 Å². The number of hydrogen-bond acceptors (Lipinski definition) is 3. The van der Waals surface area contributed by atoms with Crippen LogP contribution in [-0.4, -0.2) is 24.1 Å². The molecule has 1 amide bonds. The number of carbonyl (C=O) groups excluding carboxylic acids is 1. The van der Waals surface area contributed by atoms with Crippen LogP contribution in [0.15, 0.2) is 40.9 Å².